The Balaban J connectivity index is 1.38. The second-order valence-corrected chi connectivity index (χ2v) is 8.23. The van der Waals surface area contributed by atoms with E-state index in [1.54, 1.807) is 13.3 Å². The molecule has 0 fully saturated rings. The van der Waals surface area contributed by atoms with Gasteiger partial charge in [-0.1, -0.05) is 60.7 Å². The summed E-state index contributed by atoms with van der Waals surface area (Å²) in [5, 5.41) is 6.44. The highest BCUT2D eigenvalue weighted by Gasteiger charge is 2.08. The summed E-state index contributed by atoms with van der Waals surface area (Å²) in [6, 6.07) is 26.0. The van der Waals surface area contributed by atoms with Gasteiger partial charge in [0, 0.05) is 0 Å². The minimum atomic E-state index is -0.165. The zero-order valence-corrected chi connectivity index (χ0v) is 19.7. The van der Waals surface area contributed by atoms with Gasteiger partial charge >= 0.3 is 0 Å². The number of hydrazone groups is 1. The van der Waals surface area contributed by atoms with Gasteiger partial charge in [0.15, 0.2) is 11.5 Å². The van der Waals surface area contributed by atoms with Gasteiger partial charge in [-0.25, -0.2) is 5.43 Å². The van der Waals surface area contributed by atoms with Crippen LogP contribution in [-0.4, -0.2) is 19.2 Å². The molecule has 0 saturated heterocycles. The van der Waals surface area contributed by atoms with E-state index in [1.165, 1.54) is 21.9 Å². The molecule has 0 atom stereocenters. The Bertz CT molecular complexity index is 1340. The number of amides is 1. The molecule has 34 heavy (non-hydrogen) atoms. The summed E-state index contributed by atoms with van der Waals surface area (Å²) >= 11 is 0. The second-order valence-electron chi connectivity index (χ2n) is 8.23. The first kappa shape index (κ1) is 23.1. The molecule has 0 saturated carbocycles. The summed E-state index contributed by atoms with van der Waals surface area (Å²) in [5.74, 6) is 1.08. The summed E-state index contributed by atoms with van der Waals surface area (Å²) in [4.78, 5) is 12.2. The molecule has 5 heteroatoms. The zero-order valence-electron chi connectivity index (χ0n) is 19.7. The number of fused-ring (bicyclic) bond motifs is 1. The molecule has 0 spiro atoms. The maximum Gasteiger partial charge on any atom is 0.244 e. The summed E-state index contributed by atoms with van der Waals surface area (Å²) in [7, 11) is 1.60. The lowest BCUT2D eigenvalue weighted by Gasteiger charge is -2.12. The van der Waals surface area contributed by atoms with Crippen LogP contribution in [0.25, 0.3) is 10.8 Å². The Morgan fingerprint density at radius 1 is 0.912 bits per heavy atom. The van der Waals surface area contributed by atoms with Gasteiger partial charge in [0.05, 0.1) is 19.7 Å². The van der Waals surface area contributed by atoms with Crippen LogP contribution in [0, 0.1) is 13.8 Å². The number of aryl methyl sites for hydroxylation is 2. The highest BCUT2D eigenvalue weighted by molar-refractivity contribution is 5.86. The monoisotopic (exact) mass is 452 g/mol. The summed E-state index contributed by atoms with van der Waals surface area (Å²) in [6.45, 7) is 4.52. The second kappa shape index (κ2) is 10.7. The van der Waals surface area contributed by atoms with Crippen LogP contribution < -0.4 is 14.9 Å². The van der Waals surface area contributed by atoms with Crippen molar-refractivity contribution in [1.82, 2.24) is 5.43 Å². The highest BCUT2D eigenvalue weighted by atomic mass is 16.5. The fourth-order valence-corrected chi connectivity index (χ4v) is 3.77. The molecule has 4 aromatic rings. The minimum absolute atomic E-state index is 0.165. The fraction of sp³-hybridized carbons (Fsp3) is 0.172. The third kappa shape index (κ3) is 5.62. The smallest absolute Gasteiger partial charge is 0.244 e. The number of rotatable bonds is 8. The topological polar surface area (TPSA) is 59.9 Å². The zero-order chi connectivity index (χ0) is 23.9. The van der Waals surface area contributed by atoms with E-state index in [2.05, 4.69) is 41.7 Å². The standard InChI is InChI=1S/C29H28N2O3/c1-20-11-12-22(15-21(20)2)17-29(32)31-30-18-23-13-14-27(28(16-23)33-3)34-19-25-9-6-8-24-7-4-5-10-26(24)25/h4-16,18H,17,19H2,1-3H3,(H,31,32)/b30-18-. The van der Waals surface area contributed by atoms with Crippen molar-refractivity contribution in [3.63, 3.8) is 0 Å². The maximum absolute atomic E-state index is 12.2. The van der Waals surface area contributed by atoms with E-state index in [0.717, 1.165) is 16.7 Å². The molecule has 0 aliphatic rings. The molecule has 0 aliphatic carbocycles. The number of hydrogen-bond acceptors (Lipinski definition) is 4. The van der Waals surface area contributed by atoms with Crippen LogP contribution in [0.3, 0.4) is 0 Å². The van der Waals surface area contributed by atoms with Gasteiger partial charge in [-0.2, -0.15) is 5.10 Å². The molecular formula is C29H28N2O3. The van der Waals surface area contributed by atoms with E-state index in [4.69, 9.17) is 9.47 Å². The number of nitrogens with one attached hydrogen (secondary N) is 1. The van der Waals surface area contributed by atoms with E-state index >= 15 is 0 Å². The summed E-state index contributed by atoms with van der Waals surface area (Å²) in [5.41, 5.74) is 7.83. The van der Waals surface area contributed by atoms with Crippen molar-refractivity contribution >= 4 is 22.9 Å². The molecule has 1 N–H and O–H groups in total. The van der Waals surface area contributed by atoms with Crippen molar-refractivity contribution < 1.29 is 14.3 Å². The molecule has 4 rings (SSSR count). The van der Waals surface area contributed by atoms with Gasteiger partial charge in [-0.15, -0.1) is 0 Å². The Hall–Kier alpha value is -4.12. The van der Waals surface area contributed by atoms with E-state index in [9.17, 15) is 4.79 Å². The average molecular weight is 453 g/mol. The first-order chi connectivity index (χ1) is 16.5. The SMILES string of the molecule is COc1cc(/C=N\NC(=O)Cc2ccc(C)c(C)c2)ccc1OCc1cccc2ccccc12. The molecule has 0 bridgehead atoms. The van der Waals surface area contributed by atoms with E-state index in [-0.39, 0.29) is 12.3 Å². The van der Waals surface area contributed by atoms with Gasteiger partial charge in [0.2, 0.25) is 5.91 Å². The predicted molar refractivity (Wildman–Crippen MR) is 137 cm³/mol. The largest absolute Gasteiger partial charge is 0.493 e. The molecule has 0 unspecified atom stereocenters. The van der Waals surface area contributed by atoms with Gasteiger partial charge < -0.3 is 9.47 Å². The Kier molecular flexibility index (Phi) is 7.23. The number of methoxy groups -OCH3 is 1. The number of carbonyl (C=O) groups excluding carboxylic acids is 1. The maximum atomic E-state index is 12.2. The van der Waals surface area contributed by atoms with Gasteiger partial charge in [0.25, 0.3) is 0 Å². The van der Waals surface area contributed by atoms with Crippen molar-refractivity contribution in [3.8, 4) is 11.5 Å². The van der Waals surface area contributed by atoms with Crippen molar-refractivity contribution in [2.75, 3.05) is 7.11 Å². The molecule has 1 amide bonds. The molecule has 172 valence electrons. The molecule has 4 aromatic carbocycles. The van der Waals surface area contributed by atoms with Gasteiger partial charge in [0.1, 0.15) is 6.61 Å². The van der Waals surface area contributed by atoms with Gasteiger partial charge in [-0.05, 0) is 70.6 Å². The lowest BCUT2D eigenvalue weighted by molar-refractivity contribution is -0.120. The van der Waals surface area contributed by atoms with Crippen LogP contribution in [0.2, 0.25) is 0 Å². The first-order valence-corrected chi connectivity index (χ1v) is 11.2. The van der Waals surface area contributed by atoms with Crippen LogP contribution in [-0.2, 0) is 17.8 Å². The molecule has 0 aliphatic heterocycles. The lowest BCUT2D eigenvalue weighted by Crippen LogP contribution is -2.19. The van der Waals surface area contributed by atoms with Crippen LogP contribution in [0.4, 0.5) is 0 Å². The van der Waals surface area contributed by atoms with Crippen LogP contribution >= 0.6 is 0 Å². The van der Waals surface area contributed by atoms with E-state index in [0.29, 0.717) is 18.1 Å². The normalized spacial score (nSPS) is 11.0. The number of hydrogen-bond donors (Lipinski definition) is 1. The molecule has 0 radical (unpaired) electrons. The van der Waals surface area contributed by atoms with Crippen molar-refractivity contribution in [1.29, 1.82) is 0 Å². The molecule has 0 heterocycles. The minimum Gasteiger partial charge on any atom is -0.493 e. The third-order valence-electron chi connectivity index (χ3n) is 5.79. The van der Waals surface area contributed by atoms with Crippen molar-refractivity contribution in [3.05, 3.63) is 107 Å². The quantitative estimate of drug-likeness (QED) is 0.274. The number of carbonyl (C=O) groups is 1. The number of ether oxygens (including phenoxy) is 2. The van der Waals surface area contributed by atoms with Crippen molar-refractivity contribution in [2.45, 2.75) is 26.9 Å². The van der Waals surface area contributed by atoms with E-state index < -0.39 is 0 Å². The van der Waals surface area contributed by atoms with Gasteiger partial charge in [-0.3, -0.25) is 4.79 Å². The average Bonchev–Trinajstić information content (AvgIpc) is 2.85. The first-order valence-electron chi connectivity index (χ1n) is 11.2. The van der Waals surface area contributed by atoms with Crippen LogP contribution in [0.15, 0.2) is 84.0 Å². The summed E-state index contributed by atoms with van der Waals surface area (Å²) in [6.07, 6.45) is 1.87. The molecular weight excluding hydrogens is 424 g/mol. The molecule has 0 aromatic heterocycles. The highest BCUT2D eigenvalue weighted by Crippen LogP contribution is 2.29. The summed E-state index contributed by atoms with van der Waals surface area (Å²) < 4.78 is 11.6. The fourth-order valence-electron chi connectivity index (χ4n) is 3.77. The predicted octanol–water partition coefficient (Wildman–Crippen LogP) is 5.74. The van der Waals surface area contributed by atoms with Crippen molar-refractivity contribution in [2.24, 2.45) is 5.10 Å². The Labute approximate surface area is 200 Å². The molecule has 5 nitrogen and oxygen atoms in total. The van der Waals surface area contributed by atoms with E-state index in [1.807, 2.05) is 61.5 Å². The van der Waals surface area contributed by atoms with Crippen LogP contribution in [0.1, 0.15) is 27.8 Å². The van der Waals surface area contributed by atoms with Crippen LogP contribution in [0.5, 0.6) is 11.5 Å². The Morgan fingerprint density at radius 2 is 1.74 bits per heavy atom. The number of nitrogens with zero attached hydrogens (tertiary/aromatic N) is 1. The Morgan fingerprint density at radius 3 is 2.56 bits per heavy atom. The lowest BCUT2D eigenvalue weighted by atomic mass is 10.0. The number of benzene rings is 4. The third-order valence-corrected chi connectivity index (χ3v) is 5.79.